The molecule has 0 saturated carbocycles. The monoisotopic (exact) mass is 346 g/mol. The van der Waals surface area contributed by atoms with Crippen molar-refractivity contribution in [2.24, 2.45) is 0 Å². The van der Waals surface area contributed by atoms with Crippen molar-refractivity contribution in [3.05, 3.63) is 28.8 Å². The number of sulfonamides is 1. The maximum Gasteiger partial charge on any atom is 0.409 e. The van der Waals surface area contributed by atoms with Crippen molar-refractivity contribution in [1.29, 1.82) is 0 Å². The standard InChI is InChI=1S/C14H19ClN2O4S/c1-10-3-4-12(9-13(10)15)22(19,20)16-11-5-7-17(8-6-11)14(18)21-2/h3-4,9,11,16H,5-8H2,1-2H3. The van der Waals surface area contributed by atoms with Gasteiger partial charge in [0.1, 0.15) is 0 Å². The lowest BCUT2D eigenvalue weighted by molar-refractivity contribution is 0.111. The second-order valence-electron chi connectivity index (χ2n) is 5.26. The van der Waals surface area contributed by atoms with E-state index >= 15 is 0 Å². The molecule has 1 heterocycles. The lowest BCUT2D eigenvalue weighted by Crippen LogP contribution is -2.46. The number of amides is 1. The fourth-order valence-electron chi connectivity index (χ4n) is 2.34. The van der Waals surface area contributed by atoms with Crippen LogP contribution in [0.2, 0.25) is 5.02 Å². The summed E-state index contributed by atoms with van der Waals surface area (Å²) >= 11 is 5.98. The first-order valence-corrected chi connectivity index (χ1v) is 8.81. The number of aryl methyl sites for hydroxylation is 1. The Morgan fingerprint density at radius 1 is 1.36 bits per heavy atom. The van der Waals surface area contributed by atoms with Gasteiger partial charge in [-0.2, -0.15) is 0 Å². The molecule has 1 saturated heterocycles. The Labute approximate surface area is 135 Å². The molecule has 1 aromatic rings. The Morgan fingerprint density at radius 3 is 2.55 bits per heavy atom. The Hall–Kier alpha value is -1.31. The van der Waals surface area contributed by atoms with Gasteiger partial charge in [0.2, 0.25) is 10.0 Å². The molecule has 1 aromatic carbocycles. The highest BCUT2D eigenvalue weighted by Crippen LogP contribution is 2.21. The van der Waals surface area contributed by atoms with Crippen molar-refractivity contribution in [3.8, 4) is 0 Å². The van der Waals surface area contributed by atoms with Crippen LogP contribution in [0.3, 0.4) is 0 Å². The van der Waals surface area contributed by atoms with Gasteiger partial charge in [-0.3, -0.25) is 0 Å². The summed E-state index contributed by atoms with van der Waals surface area (Å²) < 4.78 is 32.0. The Balaban J connectivity index is 2.01. The number of benzene rings is 1. The summed E-state index contributed by atoms with van der Waals surface area (Å²) in [4.78, 5) is 13.1. The number of ether oxygens (including phenoxy) is 1. The zero-order chi connectivity index (χ0) is 16.3. The predicted molar refractivity (Wildman–Crippen MR) is 83.5 cm³/mol. The van der Waals surface area contributed by atoms with Crippen molar-refractivity contribution >= 4 is 27.7 Å². The van der Waals surface area contributed by atoms with Gasteiger partial charge in [-0.25, -0.2) is 17.9 Å². The first-order chi connectivity index (χ1) is 10.3. The van der Waals surface area contributed by atoms with Crippen LogP contribution in [-0.4, -0.2) is 45.7 Å². The number of hydrogen-bond acceptors (Lipinski definition) is 4. The summed E-state index contributed by atoms with van der Waals surface area (Å²) in [5.41, 5.74) is 0.826. The van der Waals surface area contributed by atoms with Crippen molar-refractivity contribution < 1.29 is 17.9 Å². The number of likely N-dealkylation sites (tertiary alicyclic amines) is 1. The van der Waals surface area contributed by atoms with Crippen LogP contribution < -0.4 is 4.72 Å². The Morgan fingerprint density at radius 2 is 2.00 bits per heavy atom. The molecule has 8 heteroatoms. The third-order valence-corrected chi connectivity index (χ3v) is 5.63. The van der Waals surface area contributed by atoms with E-state index in [2.05, 4.69) is 9.46 Å². The molecule has 2 rings (SSSR count). The van der Waals surface area contributed by atoms with Crippen molar-refractivity contribution in [3.63, 3.8) is 0 Å². The molecule has 0 atom stereocenters. The van der Waals surface area contributed by atoms with Gasteiger partial charge in [0.25, 0.3) is 0 Å². The molecule has 0 radical (unpaired) electrons. The maximum absolute atomic E-state index is 12.4. The van der Waals surface area contributed by atoms with E-state index in [4.69, 9.17) is 11.6 Å². The van der Waals surface area contributed by atoms with E-state index in [1.165, 1.54) is 19.2 Å². The summed E-state index contributed by atoms with van der Waals surface area (Å²) in [6.07, 6.45) is 0.716. The van der Waals surface area contributed by atoms with E-state index in [0.717, 1.165) is 5.56 Å². The zero-order valence-electron chi connectivity index (χ0n) is 12.5. The van der Waals surface area contributed by atoms with Gasteiger partial charge in [0, 0.05) is 24.2 Å². The lowest BCUT2D eigenvalue weighted by Gasteiger charge is -2.31. The van der Waals surface area contributed by atoms with E-state index in [0.29, 0.717) is 31.0 Å². The number of piperidine rings is 1. The summed E-state index contributed by atoms with van der Waals surface area (Å²) in [5.74, 6) is 0. The van der Waals surface area contributed by atoms with Crippen LogP contribution in [0.15, 0.2) is 23.1 Å². The highest BCUT2D eigenvalue weighted by Gasteiger charge is 2.27. The zero-order valence-corrected chi connectivity index (χ0v) is 14.1. The maximum atomic E-state index is 12.4. The number of nitrogens with one attached hydrogen (secondary N) is 1. The molecule has 1 aliphatic rings. The van der Waals surface area contributed by atoms with E-state index in [9.17, 15) is 13.2 Å². The van der Waals surface area contributed by atoms with Gasteiger partial charge in [0.05, 0.1) is 12.0 Å². The second-order valence-corrected chi connectivity index (χ2v) is 7.38. The van der Waals surface area contributed by atoms with Crippen LogP contribution in [-0.2, 0) is 14.8 Å². The first kappa shape index (κ1) is 17.1. The van der Waals surface area contributed by atoms with Crippen LogP contribution in [0.1, 0.15) is 18.4 Å². The molecule has 1 amide bonds. The smallest absolute Gasteiger partial charge is 0.409 e. The second kappa shape index (κ2) is 6.85. The van der Waals surface area contributed by atoms with Crippen LogP contribution in [0.5, 0.6) is 0 Å². The molecule has 6 nitrogen and oxygen atoms in total. The molecule has 0 spiro atoms. The minimum atomic E-state index is -3.61. The summed E-state index contributed by atoms with van der Waals surface area (Å²) in [5, 5.41) is 0.420. The Bertz CT molecular complexity index is 655. The van der Waals surface area contributed by atoms with Gasteiger partial charge in [0.15, 0.2) is 0 Å². The summed E-state index contributed by atoms with van der Waals surface area (Å²) in [6.45, 7) is 2.75. The number of hydrogen-bond donors (Lipinski definition) is 1. The summed E-state index contributed by atoms with van der Waals surface area (Å²) in [7, 11) is -2.28. The van der Waals surface area contributed by atoms with Gasteiger partial charge >= 0.3 is 6.09 Å². The third-order valence-electron chi connectivity index (χ3n) is 3.70. The van der Waals surface area contributed by atoms with Gasteiger partial charge in [-0.05, 0) is 37.5 Å². The van der Waals surface area contributed by atoms with Crippen LogP contribution in [0.25, 0.3) is 0 Å². The highest BCUT2D eigenvalue weighted by molar-refractivity contribution is 7.89. The van der Waals surface area contributed by atoms with Crippen LogP contribution in [0.4, 0.5) is 4.79 Å². The quantitative estimate of drug-likeness (QED) is 0.910. The minimum Gasteiger partial charge on any atom is -0.453 e. The van der Waals surface area contributed by atoms with Crippen molar-refractivity contribution in [1.82, 2.24) is 9.62 Å². The number of methoxy groups -OCH3 is 1. The van der Waals surface area contributed by atoms with Crippen LogP contribution >= 0.6 is 11.6 Å². The predicted octanol–water partition coefficient (Wildman–Crippen LogP) is 2.16. The molecular weight excluding hydrogens is 328 g/mol. The lowest BCUT2D eigenvalue weighted by atomic mass is 10.1. The highest BCUT2D eigenvalue weighted by atomic mass is 35.5. The number of nitrogens with zero attached hydrogens (tertiary/aromatic N) is 1. The minimum absolute atomic E-state index is 0.151. The third kappa shape index (κ3) is 3.91. The van der Waals surface area contributed by atoms with Gasteiger partial charge in [-0.15, -0.1) is 0 Å². The number of halogens is 1. The molecule has 0 unspecified atom stereocenters. The molecule has 1 fully saturated rings. The van der Waals surface area contributed by atoms with Crippen molar-refractivity contribution in [2.45, 2.75) is 30.7 Å². The fourth-order valence-corrected chi connectivity index (χ4v) is 3.91. The van der Waals surface area contributed by atoms with Crippen molar-refractivity contribution in [2.75, 3.05) is 20.2 Å². The molecule has 0 aliphatic carbocycles. The molecule has 1 aliphatic heterocycles. The van der Waals surface area contributed by atoms with Gasteiger partial charge in [-0.1, -0.05) is 17.7 Å². The molecule has 1 N–H and O–H groups in total. The largest absolute Gasteiger partial charge is 0.453 e. The normalized spacial score (nSPS) is 16.6. The number of carbonyl (C=O) groups excluding carboxylic acids is 1. The average molecular weight is 347 g/mol. The molecular formula is C14H19ClN2O4S. The fraction of sp³-hybridized carbons (Fsp3) is 0.500. The molecule has 0 aromatic heterocycles. The van der Waals surface area contributed by atoms with E-state index in [1.807, 2.05) is 6.92 Å². The average Bonchev–Trinajstić information content (AvgIpc) is 2.49. The van der Waals surface area contributed by atoms with E-state index < -0.39 is 10.0 Å². The Kier molecular flexibility index (Phi) is 5.31. The van der Waals surface area contributed by atoms with E-state index in [1.54, 1.807) is 11.0 Å². The number of rotatable bonds is 3. The molecule has 22 heavy (non-hydrogen) atoms. The molecule has 0 bridgehead atoms. The SMILES string of the molecule is COC(=O)N1CCC(NS(=O)(=O)c2ccc(C)c(Cl)c2)CC1. The van der Waals surface area contributed by atoms with Crippen LogP contribution in [0, 0.1) is 6.92 Å². The number of carbonyl (C=O) groups is 1. The molecule has 122 valence electrons. The topological polar surface area (TPSA) is 75.7 Å². The first-order valence-electron chi connectivity index (χ1n) is 6.95. The summed E-state index contributed by atoms with van der Waals surface area (Å²) in [6, 6.07) is 4.46. The van der Waals surface area contributed by atoms with Gasteiger partial charge < -0.3 is 9.64 Å². The van der Waals surface area contributed by atoms with E-state index in [-0.39, 0.29) is 17.0 Å².